The number of carbonyl (C=O) groups excluding carboxylic acids is 1. The molecule has 4 nitrogen and oxygen atoms in total. The Labute approximate surface area is 117 Å². The number of esters is 1. The van der Waals surface area contributed by atoms with Crippen molar-refractivity contribution in [2.24, 2.45) is 0 Å². The molecule has 0 heterocycles. The minimum atomic E-state index is -4.22. The molecule has 0 aromatic carbocycles. The van der Waals surface area contributed by atoms with Crippen molar-refractivity contribution in [2.45, 2.75) is 50.9 Å². The Balaban J connectivity index is 2.53. The first kappa shape index (κ1) is 17.2. The van der Waals surface area contributed by atoms with E-state index in [1.54, 1.807) is 13.8 Å². The Bertz CT molecular complexity index is 332. The normalized spacial score (nSPS) is 18.9. The highest BCUT2D eigenvalue weighted by atomic mass is 19.4. The van der Waals surface area contributed by atoms with Crippen molar-refractivity contribution in [3.8, 4) is 0 Å². The fourth-order valence-corrected chi connectivity index (χ4v) is 2.00. The van der Waals surface area contributed by atoms with Gasteiger partial charge < -0.3 is 4.74 Å². The van der Waals surface area contributed by atoms with Gasteiger partial charge in [0, 0.05) is 12.6 Å². The Morgan fingerprint density at radius 2 is 2.00 bits per heavy atom. The van der Waals surface area contributed by atoms with Crippen molar-refractivity contribution >= 4 is 5.97 Å². The third kappa shape index (κ3) is 6.09. The van der Waals surface area contributed by atoms with E-state index in [-0.39, 0.29) is 25.6 Å². The maximum absolute atomic E-state index is 12.3. The van der Waals surface area contributed by atoms with E-state index in [1.165, 1.54) is 11.9 Å². The van der Waals surface area contributed by atoms with E-state index in [0.29, 0.717) is 0 Å². The van der Waals surface area contributed by atoms with Crippen molar-refractivity contribution in [2.75, 3.05) is 26.7 Å². The van der Waals surface area contributed by atoms with Gasteiger partial charge in [-0.2, -0.15) is 13.2 Å². The average molecular weight is 296 g/mol. The summed E-state index contributed by atoms with van der Waals surface area (Å²) in [7, 11) is 1.40. The third-order valence-corrected chi connectivity index (χ3v) is 3.27. The highest BCUT2D eigenvalue weighted by Gasteiger charge is 2.40. The van der Waals surface area contributed by atoms with Crippen LogP contribution in [0.4, 0.5) is 13.2 Å². The van der Waals surface area contributed by atoms with E-state index in [9.17, 15) is 18.0 Å². The lowest BCUT2D eigenvalue weighted by atomic mass is 9.97. The summed E-state index contributed by atoms with van der Waals surface area (Å²) >= 11 is 0. The lowest BCUT2D eigenvalue weighted by molar-refractivity contribution is -0.152. The molecule has 0 spiro atoms. The number of carbonyl (C=O) groups is 1. The Morgan fingerprint density at radius 1 is 1.40 bits per heavy atom. The molecule has 0 bridgehead atoms. The molecule has 7 heteroatoms. The second-order valence-electron chi connectivity index (χ2n) is 5.57. The van der Waals surface area contributed by atoms with Crippen LogP contribution in [0.15, 0.2) is 0 Å². The second-order valence-corrected chi connectivity index (χ2v) is 5.57. The molecule has 118 valence electrons. The van der Waals surface area contributed by atoms with Gasteiger partial charge in [0.05, 0.1) is 13.2 Å². The standard InChI is InChI=1S/C13H23F3N2O2/c1-4-20-11(19)12(2,17-10-5-6-10)7-8-18(3)9-13(14,15)16/h10,17H,4-9H2,1-3H3. The number of nitrogens with one attached hydrogen (secondary N) is 1. The van der Waals surface area contributed by atoms with E-state index in [2.05, 4.69) is 5.32 Å². The number of rotatable bonds is 8. The zero-order valence-electron chi connectivity index (χ0n) is 12.2. The van der Waals surface area contributed by atoms with Crippen LogP contribution in [0.5, 0.6) is 0 Å². The van der Waals surface area contributed by atoms with Gasteiger partial charge in [-0.1, -0.05) is 0 Å². The van der Waals surface area contributed by atoms with Crippen molar-refractivity contribution in [3.05, 3.63) is 0 Å². The first-order valence-electron chi connectivity index (χ1n) is 6.86. The molecule has 1 N–H and O–H groups in total. The maximum Gasteiger partial charge on any atom is 0.401 e. The van der Waals surface area contributed by atoms with Gasteiger partial charge in [-0.3, -0.25) is 15.0 Å². The summed E-state index contributed by atoms with van der Waals surface area (Å²) < 4.78 is 41.9. The molecule has 1 aliphatic carbocycles. The highest BCUT2D eigenvalue weighted by Crippen LogP contribution is 2.25. The Kier molecular flexibility index (Phi) is 5.82. The van der Waals surface area contributed by atoms with E-state index in [1.807, 2.05) is 0 Å². The first-order valence-corrected chi connectivity index (χ1v) is 6.86. The van der Waals surface area contributed by atoms with Gasteiger partial charge >= 0.3 is 12.1 Å². The van der Waals surface area contributed by atoms with Crippen LogP contribution in [0.3, 0.4) is 0 Å². The fourth-order valence-electron chi connectivity index (χ4n) is 2.00. The summed E-state index contributed by atoms with van der Waals surface area (Å²) in [6.45, 7) is 2.87. The quantitative estimate of drug-likeness (QED) is 0.695. The van der Waals surface area contributed by atoms with Gasteiger partial charge in [0.15, 0.2) is 0 Å². The molecule has 1 rings (SSSR count). The largest absolute Gasteiger partial charge is 0.465 e. The van der Waals surface area contributed by atoms with Gasteiger partial charge in [0.1, 0.15) is 5.54 Å². The van der Waals surface area contributed by atoms with Gasteiger partial charge in [-0.25, -0.2) is 0 Å². The summed E-state index contributed by atoms with van der Waals surface area (Å²) in [6.07, 6.45) is -1.95. The smallest absolute Gasteiger partial charge is 0.401 e. The van der Waals surface area contributed by atoms with E-state index < -0.39 is 24.2 Å². The van der Waals surface area contributed by atoms with Crippen molar-refractivity contribution in [3.63, 3.8) is 0 Å². The molecule has 1 unspecified atom stereocenters. The van der Waals surface area contributed by atoms with E-state index in [0.717, 1.165) is 12.8 Å². The lowest BCUT2D eigenvalue weighted by Gasteiger charge is -2.30. The Morgan fingerprint density at radius 3 is 2.45 bits per heavy atom. The first-order chi connectivity index (χ1) is 9.16. The number of alkyl halides is 3. The van der Waals surface area contributed by atoms with Gasteiger partial charge in [0.2, 0.25) is 0 Å². The summed E-state index contributed by atoms with van der Waals surface area (Å²) in [4.78, 5) is 13.2. The average Bonchev–Trinajstić information content (AvgIpc) is 3.08. The molecule has 0 aromatic rings. The van der Waals surface area contributed by atoms with E-state index >= 15 is 0 Å². The van der Waals surface area contributed by atoms with E-state index in [4.69, 9.17) is 4.74 Å². The number of halogens is 3. The minimum Gasteiger partial charge on any atom is -0.465 e. The zero-order valence-corrected chi connectivity index (χ0v) is 12.2. The van der Waals surface area contributed by atoms with Crippen LogP contribution in [0.2, 0.25) is 0 Å². The van der Waals surface area contributed by atoms with Crippen LogP contribution in [0, 0.1) is 0 Å². The topological polar surface area (TPSA) is 41.6 Å². The monoisotopic (exact) mass is 296 g/mol. The summed E-state index contributed by atoms with van der Waals surface area (Å²) in [6, 6.07) is 0.275. The molecule has 0 aromatic heterocycles. The van der Waals surface area contributed by atoms with Crippen LogP contribution < -0.4 is 5.32 Å². The fraction of sp³-hybridized carbons (Fsp3) is 0.923. The van der Waals surface area contributed by atoms with Gasteiger partial charge in [-0.05, 0) is 40.2 Å². The number of ether oxygens (including phenoxy) is 1. The predicted octanol–water partition coefficient (Wildman–Crippen LogP) is 1.94. The zero-order chi connectivity index (χ0) is 15.4. The highest BCUT2D eigenvalue weighted by molar-refractivity contribution is 5.80. The van der Waals surface area contributed by atoms with Crippen LogP contribution in [-0.4, -0.2) is 55.4 Å². The van der Waals surface area contributed by atoms with Crippen molar-refractivity contribution in [1.29, 1.82) is 0 Å². The summed E-state index contributed by atoms with van der Waals surface area (Å²) in [5.41, 5.74) is -0.920. The SMILES string of the molecule is CCOC(=O)C(C)(CCN(C)CC(F)(F)F)NC1CC1. The van der Waals surface area contributed by atoms with Gasteiger partial charge in [0.25, 0.3) is 0 Å². The van der Waals surface area contributed by atoms with Crippen molar-refractivity contribution < 1.29 is 22.7 Å². The molecule has 0 radical (unpaired) electrons. The molecular formula is C13H23F3N2O2. The number of hydrogen-bond donors (Lipinski definition) is 1. The van der Waals surface area contributed by atoms with Crippen molar-refractivity contribution in [1.82, 2.24) is 10.2 Å². The van der Waals surface area contributed by atoms with Crippen LogP contribution in [0.25, 0.3) is 0 Å². The summed E-state index contributed by atoms with van der Waals surface area (Å²) in [5, 5.41) is 3.19. The molecule has 1 fully saturated rings. The molecule has 20 heavy (non-hydrogen) atoms. The molecule has 1 aliphatic rings. The molecule has 0 aliphatic heterocycles. The maximum atomic E-state index is 12.3. The number of hydrogen-bond acceptors (Lipinski definition) is 4. The second kappa shape index (κ2) is 6.76. The number of nitrogens with zero attached hydrogens (tertiary/aromatic N) is 1. The van der Waals surface area contributed by atoms with Crippen LogP contribution in [-0.2, 0) is 9.53 Å². The molecular weight excluding hydrogens is 273 g/mol. The lowest BCUT2D eigenvalue weighted by Crippen LogP contribution is -2.53. The minimum absolute atomic E-state index is 0.175. The predicted molar refractivity (Wildman–Crippen MR) is 69.4 cm³/mol. The molecule has 0 saturated heterocycles. The molecule has 1 saturated carbocycles. The van der Waals surface area contributed by atoms with Crippen LogP contribution in [0.1, 0.15) is 33.1 Å². The summed E-state index contributed by atoms with van der Waals surface area (Å²) in [5.74, 6) is -0.396. The third-order valence-electron chi connectivity index (χ3n) is 3.27. The van der Waals surface area contributed by atoms with Gasteiger partial charge in [-0.15, -0.1) is 0 Å². The molecule has 1 atom stereocenters. The Hall–Kier alpha value is -0.820. The van der Waals surface area contributed by atoms with Crippen LogP contribution >= 0.6 is 0 Å². The molecule has 0 amide bonds.